The number of nitrogen functional groups attached to an aromatic ring is 1. The van der Waals surface area contributed by atoms with Crippen molar-refractivity contribution in [3.05, 3.63) is 24.3 Å². The summed E-state index contributed by atoms with van der Waals surface area (Å²) in [6.45, 7) is 0. The van der Waals surface area contributed by atoms with E-state index >= 15 is 0 Å². The van der Waals surface area contributed by atoms with Crippen molar-refractivity contribution in [2.45, 2.75) is 4.90 Å². The van der Waals surface area contributed by atoms with E-state index in [1.54, 1.807) is 0 Å². The van der Waals surface area contributed by atoms with Crippen LogP contribution in [-0.2, 0) is 0 Å². The molecule has 0 saturated carbocycles. The fraction of sp³-hybridized carbons (Fsp3) is 0.143. The molecule has 3 N–H and O–H groups in total. The Kier molecular flexibility index (Phi) is 4.80. The number of anilines is 1. The minimum atomic E-state index is 0.780. The third-order valence-corrected chi connectivity index (χ3v) is 1.19. The van der Waals surface area contributed by atoms with Gasteiger partial charge in [-0.15, -0.1) is 12.6 Å². The van der Waals surface area contributed by atoms with Gasteiger partial charge < -0.3 is 10.8 Å². The summed E-state index contributed by atoms with van der Waals surface area (Å²) in [4.78, 5) is 0.944. The molecule has 0 bridgehead atoms. The molecule has 0 aromatic heterocycles. The van der Waals surface area contributed by atoms with Crippen LogP contribution in [0.4, 0.5) is 5.69 Å². The third kappa shape index (κ3) is 3.37. The van der Waals surface area contributed by atoms with E-state index in [-0.39, 0.29) is 0 Å². The highest BCUT2D eigenvalue weighted by atomic mass is 32.1. The maximum atomic E-state index is 7.00. The Hall–Kier alpha value is -0.670. The average molecular weight is 157 g/mol. The first kappa shape index (κ1) is 9.33. The molecule has 0 aliphatic heterocycles. The highest BCUT2D eigenvalue weighted by Crippen LogP contribution is 2.07. The predicted octanol–water partition coefficient (Wildman–Crippen LogP) is 1.17. The van der Waals surface area contributed by atoms with Crippen LogP contribution < -0.4 is 5.73 Å². The number of hydrogen-bond donors (Lipinski definition) is 3. The number of aliphatic hydroxyl groups is 1. The minimum absolute atomic E-state index is 0.780. The van der Waals surface area contributed by atoms with Crippen molar-refractivity contribution in [2.24, 2.45) is 0 Å². The molecule has 0 amide bonds. The topological polar surface area (TPSA) is 46.2 Å². The molecule has 0 fully saturated rings. The molecule has 3 heteroatoms. The zero-order valence-corrected chi connectivity index (χ0v) is 6.68. The van der Waals surface area contributed by atoms with Crippen LogP contribution in [0, 0.1) is 0 Å². The van der Waals surface area contributed by atoms with Gasteiger partial charge in [0, 0.05) is 17.7 Å². The predicted molar refractivity (Wildman–Crippen MR) is 46.2 cm³/mol. The lowest BCUT2D eigenvalue weighted by Gasteiger charge is -1.89. The number of rotatable bonds is 0. The zero-order valence-electron chi connectivity index (χ0n) is 5.78. The molecule has 1 rings (SSSR count). The molecule has 0 heterocycles. The number of thiol groups is 1. The van der Waals surface area contributed by atoms with Gasteiger partial charge in [-0.25, -0.2) is 0 Å². The molecule has 1 aromatic carbocycles. The number of hydrogen-bond acceptors (Lipinski definition) is 3. The Morgan fingerprint density at radius 3 is 1.90 bits per heavy atom. The molecule has 10 heavy (non-hydrogen) atoms. The maximum absolute atomic E-state index is 7.00. The van der Waals surface area contributed by atoms with Gasteiger partial charge in [0.15, 0.2) is 0 Å². The van der Waals surface area contributed by atoms with Gasteiger partial charge in [-0.2, -0.15) is 0 Å². The lowest BCUT2D eigenvalue weighted by atomic mass is 10.3. The van der Waals surface area contributed by atoms with Gasteiger partial charge in [-0.1, -0.05) is 0 Å². The summed E-state index contributed by atoms with van der Waals surface area (Å²) < 4.78 is 0. The Balaban J connectivity index is 0.000000371. The quantitative estimate of drug-likeness (QED) is 0.391. The highest BCUT2D eigenvalue weighted by molar-refractivity contribution is 7.80. The van der Waals surface area contributed by atoms with Gasteiger partial charge in [-0.3, -0.25) is 0 Å². The number of nitrogens with two attached hydrogens (primary N) is 1. The first-order valence-corrected chi connectivity index (χ1v) is 3.23. The second-order valence-electron chi connectivity index (χ2n) is 1.59. The van der Waals surface area contributed by atoms with Crippen LogP contribution in [0.1, 0.15) is 0 Å². The Morgan fingerprint density at radius 2 is 1.60 bits per heavy atom. The summed E-state index contributed by atoms with van der Waals surface area (Å²) >= 11 is 4.08. The summed E-state index contributed by atoms with van der Waals surface area (Å²) in [7, 11) is 1.00. The van der Waals surface area contributed by atoms with Crippen LogP contribution in [0.3, 0.4) is 0 Å². The van der Waals surface area contributed by atoms with Crippen LogP contribution in [0.15, 0.2) is 29.2 Å². The molecular formula is C7H11NOS. The fourth-order valence-electron chi connectivity index (χ4n) is 0.474. The van der Waals surface area contributed by atoms with Crippen molar-refractivity contribution in [1.82, 2.24) is 0 Å². The van der Waals surface area contributed by atoms with E-state index in [4.69, 9.17) is 10.8 Å². The fourth-order valence-corrected chi connectivity index (χ4v) is 0.623. The minimum Gasteiger partial charge on any atom is -0.400 e. The van der Waals surface area contributed by atoms with E-state index < -0.39 is 0 Å². The normalized spacial score (nSPS) is 7.90. The molecule has 0 aliphatic carbocycles. The van der Waals surface area contributed by atoms with Gasteiger partial charge in [-0.05, 0) is 24.3 Å². The van der Waals surface area contributed by atoms with Crippen LogP contribution in [0.5, 0.6) is 0 Å². The Labute approximate surface area is 66.1 Å². The van der Waals surface area contributed by atoms with Crippen molar-refractivity contribution in [2.75, 3.05) is 12.8 Å². The standard InChI is InChI=1S/C6H7NS.CH4O/c7-5-1-3-6(8)4-2-5;1-2/h1-4,8H,7H2;2H,1H3. The molecule has 0 aliphatic rings. The Morgan fingerprint density at radius 1 is 1.20 bits per heavy atom. The van der Waals surface area contributed by atoms with Gasteiger partial charge in [0.2, 0.25) is 0 Å². The van der Waals surface area contributed by atoms with Gasteiger partial charge in [0.1, 0.15) is 0 Å². The number of aliphatic hydroxyl groups excluding tert-OH is 1. The van der Waals surface area contributed by atoms with Crippen molar-refractivity contribution < 1.29 is 5.11 Å². The van der Waals surface area contributed by atoms with Crippen LogP contribution in [0.25, 0.3) is 0 Å². The van der Waals surface area contributed by atoms with Crippen molar-refractivity contribution in [1.29, 1.82) is 0 Å². The van der Waals surface area contributed by atoms with Crippen LogP contribution >= 0.6 is 12.6 Å². The first-order valence-electron chi connectivity index (χ1n) is 2.78. The average Bonchev–Trinajstić information content (AvgIpc) is 2.00. The SMILES string of the molecule is CO.Nc1ccc(S)cc1. The molecule has 0 saturated heterocycles. The summed E-state index contributed by atoms with van der Waals surface area (Å²) in [5.74, 6) is 0. The molecular weight excluding hydrogens is 146 g/mol. The number of benzene rings is 1. The van der Waals surface area contributed by atoms with Crippen LogP contribution in [0.2, 0.25) is 0 Å². The van der Waals surface area contributed by atoms with Gasteiger partial charge >= 0.3 is 0 Å². The summed E-state index contributed by atoms with van der Waals surface area (Å²) in [6, 6.07) is 7.36. The maximum Gasteiger partial charge on any atom is 0.0319 e. The second-order valence-corrected chi connectivity index (χ2v) is 2.11. The summed E-state index contributed by atoms with van der Waals surface area (Å²) in [5.41, 5.74) is 6.17. The molecule has 0 radical (unpaired) electrons. The van der Waals surface area contributed by atoms with E-state index in [9.17, 15) is 0 Å². The molecule has 0 spiro atoms. The molecule has 0 atom stereocenters. The first-order chi connectivity index (χ1) is 4.79. The van der Waals surface area contributed by atoms with Gasteiger partial charge in [0.25, 0.3) is 0 Å². The molecule has 0 unspecified atom stereocenters. The monoisotopic (exact) mass is 157 g/mol. The zero-order chi connectivity index (χ0) is 7.98. The summed E-state index contributed by atoms with van der Waals surface area (Å²) in [6.07, 6.45) is 0. The van der Waals surface area contributed by atoms with Crippen molar-refractivity contribution in [3.8, 4) is 0 Å². The second kappa shape index (κ2) is 5.14. The van der Waals surface area contributed by atoms with Crippen molar-refractivity contribution >= 4 is 18.3 Å². The highest BCUT2D eigenvalue weighted by Gasteiger charge is 1.81. The molecule has 56 valence electrons. The van der Waals surface area contributed by atoms with E-state index in [1.807, 2.05) is 24.3 Å². The lowest BCUT2D eigenvalue weighted by Crippen LogP contribution is -1.80. The third-order valence-electron chi connectivity index (χ3n) is 0.893. The summed E-state index contributed by atoms with van der Waals surface area (Å²) in [5, 5.41) is 7.00. The molecule has 2 nitrogen and oxygen atoms in total. The lowest BCUT2D eigenvalue weighted by molar-refractivity contribution is 0.399. The smallest absolute Gasteiger partial charge is 0.0319 e. The van der Waals surface area contributed by atoms with Crippen molar-refractivity contribution in [3.63, 3.8) is 0 Å². The van der Waals surface area contributed by atoms with Crippen LogP contribution in [-0.4, -0.2) is 12.2 Å². The van der Waals surface area contributed by atoms with E-state index in [0.29, 0.717) is 0 Å². The van der Waals surface area contributed by atoms with E-state index in [2.05, 4.69) is 12.6 Å². The molecule has 1 aromatic rings. The van der Waals surface area contributed by atoms with Gasteiger partial charge in [0.05, 0.1) is 0 Å². The Bertz CT molecular complexity index is 152. The van der Waals surface area contributed by atoms with E-state index in [1.165, 1.54) is 0 Å². The van der Waals surface area contributed by atoms with E-state index in [0.717, 1.165) is 17.7 Å². The largest absolute Gasteiger partial charge is 0.400 e.